The van der Waals surface area contributed by atoms with Crippen molar-refractivity contribution in [1.82, 2.24) is 24.9 Å². The van der Waals surface area contributed by atoms with Crippen LogP contribution in [0.1, 0.15) is 31.4 Å². The van der Waals surface area contributed by atoms with Crippen LogP contribution in [-0.2, 0) is 6.42 Å². The molecule has 0 saturated carbocycles. The van der Waals surface area contributed by atoms with Crippen LogP contribution in [0.4, 0.5) is 4.39 Å². The Morgan fingerprint density at radius 3 is 2.70 bits per heavy atom. The summed E-state index contributed by atoms with van der Waals surface area (Å²) in [5.74, 6) is 1.50. The fourth-order valence-corrected chi connectivity index (χ4v) is 4.55. The molecule has 0 radical (unpaired) electrons. The molecule has 30 heavy (non-hydrogen) atoms. The number of halogens is 1. The first-order chi connectivity index (χ1) is 14.7. The molecule has 0 aliphatic carbocycles. The molecule has 1 unspecified atom stereocenters. The van der Waals surface area contributed by atoms with E-state index in [1.54, 1.807) is 16.8 Å². The SMILES string of the molecule is CN=C(NCCc1ccn(-c2ccc(F)cc2)n1)N1CCC(CN2CCCCC2)C1. The number of rotatable bonds is 6. The number of benzene rings is 1. The maximum absolute atomic E-state index is 13.1. The van der Waals surface area contributed by atoms with Crippen LogP contribution in [0, 0.1) is 11.7 Å². The molecule has 2 aliphatic rings. The Kier molecular flexibility index (Phi) is 7.00. The third-order valence-electron chi connectivity index (χ3n) is 6.16. The fourth-order valence-electron chi connectivity index (χ4n) is 4.55. The molecular formula is C23H33FN6. The van der Waals surface area contributed by atoms with Gasteiger partial charge in [0.25, 0.3) is 0 Å². The van der Waals surface area contributed by atoms with E-state index < -0.39 is 0 Å². The maximum atomic E-state index is 13.1. The van der Waals surface area contributed by atoms with Crippen LogP contribution in [0.5, 0.6) is 0 Å². The normalized spacial score (nSPS) is 20.7. The van der Waals surface area contributed by atoms with Crippen molar-refractivity contribution in [2.24, 2.45) is 10.9 Å². The Labute approximate surface area is 178 Å². The van der Waals surface area contributed by atoms with Crippen molar-refractivity contribution in [1.29, 1.82) is 0 Å². The lowest BCUT2D eigenvalue weighted by molar-refractivity contribution is 0.198. The largest absolute Gasteiger partial charge is 0.356 e. The van der Waals surface area contributed by atoms with Gasteiger partial charge in [0.15, 0.2) is 5.96 Å². The molecule has 0 spiro atoms. The summed E-state index contributed by atoms with van der Waals surface area (Å²) in [6.45, 7) is 6.74. The molecule has 1 atom stereocenters. The molecule has 1 N–H and O–H groups in total. The van der Waals surface area contributed by atoms with Gasteiger partial charge in [-0.1, -0.05) is 6.42 Å². The Hall–Kier alpha value is -2.41. The zero-order chi connectivity index (χ0) is 20.8. The number of guanidine groups is 1. The molecule has 1 aromatic heterocycles. The Morgan fingerprint density at radius 1 is 1.13 bits per heavy atom. The summed E-state index contributed by atoms with van der Waals surface area (Å²) in [6, 6.07) is 8.39. The first-order valence-corrected chi connectivity index (χ1v) is 11.2. The molecule has 0 bridgehead atoms. The lowest BCUT2D eigenvalue weighted by Crippen LogP contribution is -2.42. The van der Waals surface area contributed by atoms with E-state index >= 15 is 0 Å². The molecule has 2 fully saturated rings. The molecule has 162 valence electrons. The predicted octanol–water partition coefficient (Wildman–Crippen LogP) is 2.94. The van der Waals surface area contributed by atoms with Crippen molar-refractivity contribution >= 4 is 5.96 Å². The minimum Gasteiger partial charge on any atom is -0.356 e. The molecule has 3 heterocycles. The minimum atomic E-state index is -0.234. The van der Waals surface area contributed by atoms with Gasteiger partial charge < -0.3 is 15.1 Å². The van der Waals surface area contributed by atoms with Crippen LogP contribution in [0.2, 0.25) is 0 Å². The lowest BCUT2D eigenvalue weighted by Gasteiger charge is -2.29. The number of piperidine rings is 1. The summed E-state index contributed by atoms with van der Waals surface area (Å²) in [4.78, 5) is 9.54. The fraction of sp³-hybridized carbons (Fsp3) is 0.565. The number of nitrogens with zero attached hydrogens (tertiary/aromatic N) is 5. The zero-order valence-corrected chi connectivity index (χ0v) is 17.9. The van der Waals surface area contributed by atoms with Gasteiger partial charge in [-0.3, -0.25) is 4.99 Å². The molecule has 2 aliphatic heterocycles. The van der Waals surface area contributed by atoms with Crippen LogP contribution < -0.4 is 5.32 Å². The highest BCUT2D eigenvalue weighted by Gasteiger charge is 2.26. The molecule has 4 rings (SSSR count). The third-order valence-corrected chi connectivity index (χ3v) is 6.16. The van der Waals surface area contributed by atoms with Gasteiger partial charge in [0.2, 0.25) is 0 Å². The van der Waals surface area contributed by atoms with Crippen molar-refractivity contribution in [2.45, 2.75) is 32.1 Å². The van der Waals surface area contributed by atoms with Gasteiger partial charge in [-0.05, 0) is 68.6 Å². The van der Waals surface area contributed by atoms with E-state index in [2.05, 4.69) is 25.2 Å². The average Bonchev–Trinajstić information content (AvgIpc) is 3.42. The second kappa shape index (κ2) is 10.1. The Morgan fingerprint density at radius 2 is 1.93 bits per heavy atom. The van der Waals surface area contributed by atoms with Crippen molar-refractivity contribution in [3.05, 3.63) is 48.0 Å². The van der Waals surface area contributed by atoms with Crippen molar-refractivity contribution in [2.75, 3.05) is 46.3 Å². The summed E-state index contributed by atoms with van der Waals surface area (Å²) < 4.78 is 14.9. The first-order valence-electron chi connectivity index (χ1n) is 11.2. The van der Waals surface area contributed by atoms with Crippen LogP contribution in [0.15, 0.2) is 41.5 Å². The van der Waals surface area contributed by atoms with Gasteiger partial charge in [0.1, 0.15) is 5.82 Å². The summed E-state index contributed by atoms with van der Waals surface area (Å²) in [6.07, 6.45) is 8.10. The first kappa shape index (κ1) is 20.8. The predicted molar refractivity (Wildman–Crippen MR) is 119 cm³/mol. The van der Waals surface area contributed by atoms with Crippen molar-refractivity contribution in [3.63, 3.8) is 0 Å². The van der Waals surface area contributed by atoms with Crippen LogP contribution >= 0.6 is 0 Å². The number of aromatic nitrogens is 2. The number of hydrogen-bond acceptors (Lipinski definition) is 3. The molecule has 2 saturated heterocycles. The van der Waals surface area contributed by atoms with E-state index in [0.717, 1.165) is 49.3 Å². The zero-order valence-electron chi connectivity index (χ0n) is 17.9. The van der Waals surface area contributed by atoms with Gasteiger partial charge in [-0.25, -0.2) is 9.07 Å². The topological polar surface area (TPSA) is 48.7 Å². The molecule has 1 aromatic carbocycles. The molecule has 0 amide bonds. The summed E-state index contributed by atoms with van der Waals surface area (Å²) in [5.41, 5.74) is 1.87. The Bertz CT molecular complexity index is 824. The van der Waals surface area contributed by atoms with Crippen molar-refractivity contribution < 1.29 is 4.39 Å². The van der Waals surface area contributed by atoms with E-state index in [1.807, 2.05) is 19.3 Å². The Balaban J connectivity index is 1.23. The van der Waals surface area contributed by atoms with Gasteiger partial charge in [0, 0.05) is 45.8 Å². The van der Waals surface area contributed by atoms with Gasteiger partial charge in [0.05, 0.1) is 11.4 Å². The minimum absolute atomic E-state index is 0.234. The third kappa shape index (κ3) is 5.39. The summed E-state index contributed by atoms with van der Waals surface area (Å²) >= 11 is 0. The molecule has 6 nitrogen and oxygen atoms in total. The van der Waals surface area contributed by atoms with Crippen LogP contribution in [0.3, 0.4) is 0 Å². The number of hydrogen-bond donors (Lipinski definition) is 1. The van der Waals surface area contributed by atoms with E-state index in [4.69, 9.17) is 0 Å². The van der Waals surface area contributed by atoms with Gasteiger partial charge in [-0.15, -0.1) is 0 Å². The van der Waals surface area contributed by atoms with Gasteiger partial charge in [-0.2, -0.15) is 5.10 Å². The summed E-state index contributed by atoms with van der Waals surface area (Å²) in [7, 11) is 1.86. The van der Waals surface area contributed by atoms with E-state index in [9.17, 15) is 4.39 Å². The van der Waals surface area contributed by atoms with E-state index in [-0.39, 0.29) is 5.82 Å². The molecule has 7 heteroatoms. The monoisotopic (exact) mass is 412 g/mol. The number of aliphatic imine (C=N–C) groups is 1. The highest BCUT2D eigenvalue weighted by atomic mass is 19.1. The summed E-state index contributed by atoms with van der Waals surface area (Å²) in [5, 5.41) is 8.11. The number of likely N-dealkylation sites (tertiary alicyclic amines) is 2. The van der Waals surface area contributed by atoms with Crippen molar-refractivity contribution in [3.8, 4) is 5.69 Å². The van der Waals surface area contributed by atoms with E-state index in [0.29, 0.717) is 0 Å². The standard InChI is InChI=1S/C23H33FN6/c1-25-23(29-15-10-19(18-29)17-28-13-3-2-4-14-28)26-12-9-21-11-16-30(27-21)22-7-5-20(24)6-8-22/h5-8,11,16,19H,2-4,9-10,12-15,17-18H2,1H3,(H,25,26). The second-order valence-electron chi connectivity index (χ2n) is 8.41. The van der Waals surface area contributed by atoms with Gasteiger partial charge >= 0.3 is 0 Å². The van der Waals surface area contributed by atoms with E-state index in [1.165, 1.54) is 57.5 Å². The quantitative estimate of drug-likeness (QED) is 0.586. The lowest BCUT2D eigenvalue weighted by atomic mass is 10.1. The van der Waals surface area contributed by atoms with Crippen LogP contribution in [0.25, 0.3) is 5.69 Å². The van der Waals surface area contributed by atoms with Crippen LogP contribution in [-0.4, -0.2) is 71.9 Å². The maximum Gasteiger partial charge on any atom is 0.193 e. The highest BCUT2D eigenvalue weighted by molar-refractivity contribution is 5.80. The number of nitrogens with one attached hydrogen (secondary N) is 1. The highest BCUT2D eigenvalue weighted by Crippen LogP contribution is 2.20. The molecule has 2 aromatic rings. The smallest absolute Gasteiger partial charge is 0.193 e. The molecular weight excluding hydrogens is 379 g/mol. The second-order valence-corrected chi connectivity index (χ2v) is 8.41. The average molecular weight is 413 g/mol.